The third kappa shape index (κ3) is 2.06. The molecule has 158 valence electrons. The van der Waals surface area contributed by atoms with Gasteiger partial charge in [-0.3, -0.25) is 4.79 Å². The van der Waals surface area contributed by atoms with Gasteiger partial charge in [0, 0.05) is 17.8 Å². The first-order valence-electron chi connectivity index (χ1n) is 10.9. The summed E-state index contributed by atoms with van der Waals surface area (Å²) in [5, 5.41) is 32.4. The molecule has 5 aliphatic rings. The lowest BCUT2D eigenvalue weighted by Crippen LogP contribution is -2.66. The summed E-state index contributed by atoms with van der Waals surface area (Å²) in [7, 11) is 0. The predicted octanol–water partition coefficient (Wildman–Crippen LogP) is 1.64. The van der Waals surface area contributed by atoms with Crippen LogP contribution in [0.3, 0.4) is 0 Å². The molecule has 3 N–H and O–H groups in total. The first kappa shape index (κ1) is 19.3. The number of aliphatic hydroxyl groups excluding tert-OH is 3. The Balaban J connectivity index is 1.53. The number of hydrogen-bond donors (Lipinski definition) is 3. The molecule has 0 aromatic carbocycles. The Morgan fingerprint density at radius 3 is 2.57 bits per heavy atom. The SMILES string of the molecule is CC(=O)OC[C@]1(C)[C@H]2C[C@H](O)[C@@]34C[C@@H](CC[C@H]3[C@]2(C)CC[C@H]1O)[C@]1(CO)O[C@@H]14. The summed E-state index contributed by atoms with van der Waals surface area (Å²) >= 11 is 0. The largest absolute Gasteiger partial charge is 0.465 e. The van der Waals surface area contributed by atoms with Crippen LogP contribution in [0, 0.1) is 34.0 Å². The van der Waals surface area contributed by atoms with Gasteiger partial charge in [-0.2, -0.15) is 0 Å². The van der Waals surface area contributed by atoms with Gasteiger partial charge in [-0.1, -0.05) is 13.8 Å². The van der Waals surface area contributed by atoms with Gasteiger partial charge in [-0.25, -0.2) is 0 Å². The lowest BCUT2D eigenvalue weighted by Gasteiger charge is -2.66. The van der Waals surface area contributed by atoms with Gasteiger partial charge in [0.15, 0.2) is 0 Å². The summed E-state index contributed by atoms with van der Waals surface area (Å²) in [6, 6.07) is 0. The zero-order chi connectivity index (χ0) is 20.1. The van der Waals surface area contributed by atoms with Crippen molar-refractivity contribution < 1.29 is 29.6 Å². The molecular weight excluding hydrogens is 360 g/mol. The Bertz CT molecular complexity index is 697. The Labute approximate surface area is 166 Å². The number of hydrogen-bond acceptors (Lipinski definition) is 6. The molecule has 0 radical (unpaired) electrons. The van der Waals surface area contributed by atoms with Crippen LogP contribution in [0.1, 0.15) is 59.3 Å². The molecule has 6 nitrogen and oxygen atoms in total. The highest BCUT2D eigenvalue weighted by atomic mass is 16.6. The van der Waals surface area contributed by atoms with Gasteiger partial charge in [0.2, 0.25) is 0 Å². The summed E-state index contributed by atoms with van der Waals surface area (Å²) in [5.74, 6) is 0.391. The summed E-state index contributed by atoms with van der Waals surface area (Å²) in [6.45, 7) is 6.00. The molecule has 5 rings (SSSR count). The molecule has 1 saturated heterocycles. The van der Waals surface area contributed by atoms with E-state index < -0.39 is 23.2 Å². The van der Waals surface area contributed by atoms with Crippen LogP contribution in [-0.4, -0.2) is 58.4 Å². The maximum atomic E-state index is 11.5. The van der Waals surface area contributed by atoms with E-state index in [0.29, 0.717) is 24.7 Å². The van der Waals surface area contributed by atoms with E-state index in [9.17, 15) is 20.1 Å². The third-order valence-electron chi connectivity index (χ3n) is 9.97. The highest BCUT2D eigenvalue weighted by Crippen LogP contribution is 2.77. The van der Waals surface area contributed by atoms with Crippen LogP contribution >= 0.6 is 0 Å². The van der Waals surface area contributed by atoms with Crippen LogP contribution in [0.5, 0.6) is 0 Å². The van der Waals surface area contributed by atoms with Crippen LogP contribution in [0.4, 0.5) is 0 Å². The first-order chi connectivity index (χ1) is 13.1. The van der Waals surface area contributed by atoms with Crippen molar-refractivity contribution in [2.24, 2.45) is 34.0 Å². The molecule has 6 heteroatoms. The van der Waals surface area contributed by atoms with Crippen LogP contribution < -0.4 is 0 Å². The minimum atomic E-state index is -0.560. The number of esters is 1. The fraction of sp³-hybridized carbons (Fsp3) is 0.955. The van der Waals surface area contributed by atoms with Gasteiger partial charge in [-0.15, -0.1) is 0 Å². The van der Waals surface area contributed by atoms with E-state index in [1.165, 1.54) is 6.92 Å². The number of rotatable bonds is 3. The van der Waals surface area contributed by atoms with E-state index in [2.05, 4.69) is 6.92 Å². The van der Waals surface area contributed by atoms with Crippen molar-refractivity contribution in [2.75, 3.05) is 13.2 Å². The van der Waals surface area contributed by atoms with Gasteiger partial charge in [0.1, 0.15) is 5.60 Å². The summed E-state index contributed by atoms with van der Waals surface area (Å²) in [6.07, 6.45) is 4.11. The summed E-state index contributed by atoms with van der Waals surface area (Å²) in [5.41, 5.74) is -1.30. The van der Waals surface area contributed by atoms with Crippen molar-refractivity contribution in [3.63, 3.8) is 0 Å². The Hall–Kier alpha value is -0.690. The topological polar surface area (TPSA) is 99.5 Å². The second-order valence-electron chi connectivity index (χ2n) is 10.9. The van der Waals surface area contributed by atoms with Crippen molar-refractivity contribution in [3.8, 4) is 0 Å². The number of carbonyl (C=O) groups is 1. The lowest BCUT2D eigenvalue weighted by atomic mass is 9.39. The zero-order valence-corrected chi connectivity index (χ0v) is 17.2. The predicted molar refractivity (Wildman–Crippen MR) is 100 cm³/mol. The van der Waals surface area contributed by atoms with Crippen molar-refractivity contribution in [3.05, 3.63) is 0 Å². The average molecular weight is 395 g/mol. The van der Waals surface area contributed by atoms with E-state index in [0.717, 1.165) is 25.7 Å². The Morgan fingerprint density at radius 2 is 1.89 bits per heavy atom. The van der Waals surface area contributed by atoms with Crippen LogP contribution in [-0.2, 0) is 14.3 Å². The highest BCUT2D eigenvalue weighted by molar-refractivity contribution is 5.65. The van der Waals surface area contributed by atoms with E-state index in [-0.39, 0.29) is 42.0 Å². The fourth-order valence-electron chi connectivity index (χ4n) is 8.60. The smallest absolute Gasteiger partial charge is 0.302 e. The van der Waals surface area contributed by atoms with E-state index in [4.69, 9.17) is 9.47 Å². The second-order valence-corrected chi connectivity index (χ2v) is 10.9. The first-order valence-corrected chi connectivity index (χ1v) is 10.9. The van der Waals surface area contributed by atoms with Crippen molar-refractivity contribution in [1.29, 1.82) is 0 Å². The molecule has 1 aliphatic heterocycles. The molecule has 1 heterocycles. The van der Waals surface area contributed by atoms with Crippen molar-refractivity contribution in [1.82, 2.24) is 0 Å². The molecule has 1 spiro atoms. The van der Waals surface area contributed by atoms with E-state index >= 15 is 0 Å². The summed E-state index contributed by atoms with van der Waals surface area (Å²) in [4.78, 5) is 11.5. The fourth-order valence-corrected chi connectivity index (χ4v) is 8.60. The van der Waals surface area contributed by atoms with Gasteiger partial charge < -0.3 is 24.8 Å². The maximum Gasteiger partial charge on any atom is 0.302 e. The van der Waals surface area contributed by atoms with E-state index in [1.807, 2.05) is 6.92 Å². The minimum absolute atomic E-state index is 0.0400. The Morgan fingerprint density at radius 1 is 1.14 bits per heavy atom. The highest BCUT2D eigenvalue weighted by Gasteiger charge is 2.82. The summed E-state index contributed by atoms with van der Waals surface area (Å²) < 4.78 is 11.5. The number of carbonyl (C=O) groups excluding carboxylic acids is 1. The number of aliphatic hydroxyl groups is 3. The van der Waals surface area contributed by atoms with Crippen LogP contribution in [0.25, 0.3) is 0 Å². The quantitative estimate of drug-likeness (QED) is 0.497. The zero-order valence-electron chi connectivity index (χ0n) is 17.2. The number of fused-ring (bicyclic) bond motifs is 5. The molecule has 0 aromatic heterocycles. The standard InChI is InChI=1S/C22H34O6/c1-12(24)27-11-20(3)15-8-17(26)21-9-13(22(10-23)18(21)28-22)4-5-14(21)19(15,2)7-6-16(20)25/h13-18,23,25-26H,4-11H2,1-3H3/t13-,14+,15+,16-,17+,18-,19+,20-,21-,22+/m1/s1. The van der Waals surface area contributed by atoms with Gasteiger partial charge in [0.25, 0.3) is 0 Å². The van der Waals surface area contributed by atoms with Crippen LogP contribution in [0.2, 0.25) is 0 Å². The van der Waals surface area contributed by atoms with Crippen molar-refractivity contribution in [2.45, 2.75) is 83.2 Å². The molecule has 28 heavy (non-hydrogen) atoms. The Kier molecular flexibility index (Phi) is 3.94. The van der Waals surface area contributed by atoms with Gasteiger partial charge in [0.05, 0.1) is 31.5 Å². The van der Waals surface area contributed by atoms with Gasteiger partial charge in [-0.05, 0) is 61.7 Å². The number of ether oxygens (including phenoxy) is 2. The molecule has 0 unspecified atom stereocenters. The van der Waals surface area contributed by atoms with Gasteiger partial charge >= 0.3 is 5.97 Å². The molecule has 5 fully saturated rings. The molecule has 0 aromatic rings. The minimum Gasteiger partial charge on any atom is -0.465 e. The molecular formula is C22H34O6. The van der Waals surface area contributed by atoms with E-state index in [1.54, 1.807) is 0 Å². The molecule has 2 bridgehead atoms. The average Bonchev–Trinajstić information content (AvgIpc) is 3.38. The molecule has 4 saturated carbocycles. The van der Waals surface area contributed by atoms with Crippen LogP contribution in [0.15, 0.2) is 0 Å². The normalized spacial score (nSPS) is 59.1. The maximum absolute atomic E-state index is 11.5. The molecule has 0 amide bonds. The number of epoxide rings is 1. The second kappa shape index (κ2) is 5.71. The van der Waals surface area contributed by atoms with Crippen molar-refractivity contribution >= 4 is 5.97 Å². The molecule has 10 atom stereocenters. The third-order valence-corrected chi connectivity index (χ3v) is 9.97. The molecule has 4 aliphatic carbocycles. The monoisotopic (exact) mass is 394 g/mol. The lowest BCUT2D eigenvalue weighted by molar-refractivity contribution is -0.242.